The zero-order valence-corrected chi connectivity index (χ0v) is 91.4. The fraction of sp³-hybridized carbons (Fsp3) is 0.561. The predicted molar refractivity (Wildman–Crippen MR) is 601 cm³/mol. The molecule has 18 heteroatoms. The topological polar surface area (TPSA) is 77.3 Å². The summed E-state index contributed by atoms with van der Waals surface area (Å²) in [6.07, 6.45) is 65.3. The Kier molecular flexibility index (Phi) is 44.7. The zero-order valence-electron chi connectivity index (χ0n) is 81.6. The highest BCUT2D eigenvalue weighted by Crippen LogP contribution is 2.58. The molecule has 1 aromatic carbocycles. The number of thioether (sulfide) groups is 2. The van der Waals surface area contributed by atoms with E-state index < -0.39 is 0 Å². The smallest absolute Gasteiger partial charge is 0.316 e. The summed E-state index contributed by atoms with van der Waals surface area (Å²) in [6.45, 7) is 23.3. The molecule has 132 heavy (non-hydrogen) atoms. The van der Waals surface area contributed by atoms with Gasteiger partial charge in [0.2, 0.25) is 0 Å². The van der Waals surface area contributed by atoms with Gasteiger partial charge < -0.3 is 9.47 Å². The van der Waals surface area contributed by atoms with E-state index in [0.717, 1.165) is 85.5 Å². The lowest BCUT2D eigenvalue weighted by Gasteiger charge is -2.13. The minimum absolute atomic E-state index is 0.266. The maximum atomic E-state index is 13.6. The Morgan fingerprint density at radius 3 is 0.924 bits per heavy atom. The first-order valence-electron chi connectivity index (χ1n) is 52.1. The number of carbonyl (C=O) groups excluding carboxylic acids is 2. The van der Waals surface area contributed by atoms with E-state index in [-0.39, 0.29) is 11.8 Å². The Balaban J connectivity index is 0.910. The van der Waals surface area contributed by atoms with Crippen LogP contribution in [0.5, 0.6) is 0 Å². The average Bonchev–Trinajstić information content (AvgIpc) is 1.56. The van der Waals surface area contributed by atoms with Gasteiger partial charge in [0.05, 0.1) is 0 Å². The highest BCUT2D eigenvalue weighted by molar-refractivity contribution is 8.13. The normalized spacial score (nSPS) is 14.2. The van der Waals surface area contributed by atoms with Gasteiger partial charge in [-0.05, 0) is 196 Å². The fourth-order valence-electron chi connectivity index (χ4n) is 18.7. The molecular weight excluding hydrogens is 1850 g/mol. The van der Waals surface area contributed by atoms with Gasteiger partial charge >= 0.3 is 11.8 Å². The lowest BCUT2D eigenvalue weighted by molar-refractivity contribution is -0.115. The summed E-state index contributed by atoms with van der Waals surface area (Å²) < 4.78 is 15.4. The molecule has 13 rings (SSSR count). The molecule has 0 bridgehead atoms. The van der Waals surface area contributed by atoms with E-state index >= 15 is 0 Å². The van der Waals surface area contributed by atoms with Crippen LogP contribution in [0.25, 0.3) is 112 Å². The molecule has 0 N–H and O–H groups in total. The number of rotatable bonds is 64. The molecule has 2 unspecified atom stereocenters. The monoisotopic (exact) mass is 2000 g/mol. The van der Waals surface area contributed by atoms with Crippen molar-refractivity contribution in [2.24, 2.45) is 21.8 Å². The van der Waals surface area contributed by atoms with E-state index in [1.165, 1.54) is 388 Å². The number of hydrogen-bond donors (Lipinski definition) is 0. The number of fused-ring (bicyclic) bond motifs is 2. The Morgan fingerprint density at radius 1 is 0.295 bits per heavy atom. The third-order valence-corrected chi connectivity index (χ3v) is 40.9. The van der Waals surface area contributed by atoms with Crippen molar-refractivity contribution >= 4 is 191 Å². The molecule has 0 fully saturated rings. The van der Waals surface area contributed by atoms with Crippen LogP contribution in [0.4, 0.5) is 0 Å². The molecule has 0 radical (unpaired) electrons. The standard InChI is InChI=1S/C114H152N2O4S12/c1-11-21-29-35-41-47-55-81-71-87(75-91-111(117)115-113(119-91)121-67-51-45-39-33-25-15-5)125-105(81)95-63-65-97(127-95)107-83(57-49-43-37-31-23-13-3)73-99(129-107)101-77-89-103(93-61-59-85(123-93)69-79(19-9)53-27-17-7)110-90(104(109(89)131-101)94-62-60-86(124-94)70-80(20-10)54-28-18-8)78-102(132-110)100-74-84(58-50-44-38-32-24-14-4)108(130-100)98-66-64-96(128-98)106-82(56-48-42-36-30-22-12-2)72-88(126-106)76-92-112(118)116-114(120-92)122-68-52-46-40-34-26-16-6/h59-66,71-80H,11-58,67-70H2,1-10H3/b91-75-,92-76-. The quantitative estimate of drug-likeness (QED) is 0.0279. The molecule has 0 spiro atoms. The molecule has 2 amide bonds. The van der Waals surface area contributed by atoms with E-state index in [4.69, 9.17) is 9.47 Å². The van der Waals surface area contributed by atoms with Crippen LogP contribution in [0, 0.1) is 11.8 Å². The number of aryl methyl sites for hydroxylation is 4. The molecule has 2 atom stereocenters. The second-order valence-corrected chi connectivity index (χ2v) is 50.4. The number of thiophene rings is 10. The zero-order chi connectivity index (χ0) is 92.2. The fourth-order valence-corrected chi connectivity index (χ4v) is 32.8. The third-order valence-electron chi connectivity index (χ3n) is 26.6. The van der Waals surface area contributed by atoms with Gasteiger partial charge in [0.25, 0.3) is 10.5 Å². The molecule has 6 nitrogen and oxygen atoms in total. The predicted octanol–water partition coefficient (Wildman–Crippen LogP) is 41.8. The molecule has 0 saturated carbocycles. The van der Waals surface area contributed by atoms with Gasteiger partial charge in [0.15, 0.2) is 11.5 Å². The molecule has 2 aliphatic heterocycles. The summed E-state index contributed by atoms with van der Waals surface area (Å²) in [5.74, 6) is 3.33. The van der Waals surface area contributed by atoms with Crippen molar-refractivity contribution in [3.05, 3.63) is 138 Å². The van der Waals surface area contributed by atoms with Crippen LogP contribution < -0.4 is 0 Å². The van der Waals surface area contributed by atoms with Gasteiger partial charge in [-0.2, -0.15) is 9.98 Å². The lowest BCUT2D eigenvalue weighted by Crippen LogP contribution is -2.01. The first-order chi connectivity index (χ1) is 64.8. The van der Waals surface area contributed by atoms with E-state index in [2.05, 4.69) is 209 Å². The summed E-state index contributed by atoms with van der Waals surface area (Å²) in [6, 6.07) is 35.2. The molecule has 12 heterocycles. The van der Waals surface area contributed by atoms with E-state index in [9.17, 15) is 9.59 Å². The van der Waals surface area contributed by atoms with Crippen LogP contribution in [0.3, 0.4) is 0 Å². The van der Waals surface area contributed by atoms with Gasteiger partial charge in [0.1, 0.15) is 0 Å². The molecule has 0 aliphatic carbocycles. The Morgan fingerprint density at radius 2 is 0.591 bits per heavy atom. The van der Waals surface area contributed by atoms with Crippen molar-refractivity contribution in [1.29, 1.82) is 0 Å². The Labute approximate surface area is 843 Å². The van der Waals surface area contributed by atoms with Crippen LogP contribution in [0.1, 0.15) is 394 Å². The van der Waals surface area contributed by atoms with Crippen LogP contribution in [-0.2, 0) is 57.6 Å². The molecule has 11 aromatic rings. The number of ether oxygens (including phenoxy) is 2. The van der Waals surface area contributed by atoms with Gasteiger partial charge in [-0.25, -0.2) is 0 Å². The van der Waals surface area contributed by atoms with Crippen molar-refractivity contribution in [3.63, 3.8) is 0 Å². The Bertz CT molecular complexity index is 5090. The summed E-state index contributed by atoms with van der Waals surface area (Å²) in [4.78, 5) is 60.3. The van der Waals surface area contributed by atoms with Crippen molar-refractivity contribution in [3.8, 4) is 79.4 Å². The highest BCUT2D eigenvalue weighted by atomic mass is 32.2. The van der Waals surface area contributed by atoms with Crippen molar-refractivity contribution in [2.75, 3.05) is 11.5 Å². The maximum absolute atomic E-state index is 13.6. The van der Waals surface area contributed by atoms with E-state index in [1.807, 2.05) is 80.2 Å². The van der Waals surface area contributed by atoms with Gasteiger partial charge in [0, 0.05) is 143 Å². The van der Waals surface area contributed by atoms with Crippen LogP contribution in [0.2, 0.25) is 0 Å². The summed E-state index contributed by atoms with van der Waals surface area (Å²) in [7, 11) is 0. The van der Waals surface area contributed by atoms with E-state index in [1.54, 1.807) is 23.5 Å². The summed E-state index contributed by atoms with van der Waals surface area (Å²) in [5, 5.41) is 3.79. The van der Waals surface area contributed by atoms with Gasteiger partial charge in [-0.15, -0.1) is 113 Å². The first-order valence-corrected chi connectivity index (χ1v) is 62.2. The number of carbonyl (C=O) groups is 2. The molecule has 714 valence electrons. The minimum atomic E-state index is -0.266. The van der Waals surface area contributed by atoms with Crippen LogP contribution >= 0.6 is 137 Å². The molecule has 0 saturated heterocycles. The van der Waals surface area contributed by atoms with Crippen LogP contribution in [0.15, 0.2) is 106 Å². The van der Waals surface area contributed by atoms with Crippen LogP contribution in [-0.4, -0.2) is 33.8 Å². The van der Waals surface area contributed by atoms with Gasteiger partial charge in [-0.3, -0.25) is 9.59 Å². The first kappa shape index (κ1) is 105. The highest BCUT2D eigenvalue weighted by Gasteiger charge is 2.31. The molecular formula is C114H152N2O4S12. The summed E-state index contributed by atoms with van der Waals surface area (Å²) >= 11 is 23.1. The number of benzene rings is 1. The average molecular weight is 2000 g/mol. The maximum Gasteiger partial charge on any atom is 0.316 e. The number of nitrogens with zero attached hydrogens (tertiary/aromatic N) is 2. The SMILES string of the molecule is CCCCCCCCSC1=NC(=O)/C(=C/c2cc(CCCCCCCC)c(-c3ccc(-c4sc(-c5cc6c(-c7ccc(CC(CC)CCCC)s7)c7sc(-c8cc(CCCCCCCC)c(-c9ccc(-c%10sc(/C=C%11\OC(SCCCCCCCC)=NC%11=O)cc%10CCCCCCCC)s9)s8)cc7c(-c7ccc(CC(CC)CCCC)s7)c6s5)cc4CCCCCCCC)s3)s2)O1. The number of amides is 2. The minimum Gasteiger partial charge on any atom is -0.428 e. The second kappa shape index (κ2) is 56.4. The number of aliphatic imine (C=N–C) groups is 2. The largest absolute Gasteiger partial charge is 0.428 e. The lowest BCUT2D eigenvalue weighted by atomic mass is 9.95. The van der Waals surface area contributed by atoms with E-state index in [0.29, 0.717) is 33.8 Å². The Hall–Kier alpha value is -4.80. The number of unbranched alkanes of at least 4 members (excludes halogenated alkanes) is 32. The summed E-state index contributed by atoms with van der Waals surface area (Å²) in [5.41, 5.74) is 8.57. The third kappa shape index (κ3) is 30.1. The van der Waals surface area contributed by atoms with Gasteiger partial charge in [-0.1, -0.05) is 337 Å². The second-order valence-electron chi connectivity index (χ2n) is 37.4. The van der Waals surface area contributed by atoms with Crippen molar-refractivity contribution < 1.29 is 19.1 Å². The van der Waals surface area contributed by atoms with Crippen molar-refractivity contribution in [2.45, 2.75) is 390 Å². The van der Waals surface area contributed by atoms with Crippen molar-refractivity contribution in [1.82, 2.24) is 0 Å². The molecule has 2 aliphatic rings. The molecule has 10 aromatic heterocycles. The number of hydrogen-bond acceptors (Lipinski definition) is 16.